The predicted octanol–water partition coefficient (Wildman–Crippen LogP) is 13.7. The van der Waals surface area contributed by atoms with Crippen molar-refractivity contribution < 1.29 is 4.42 Å². The number of hydrogen-bond acceptors (Lipinski definition) is 1. The summed E-state index contributed by atoms with van der Waals surface area (Å²) in [5, 5.41) is 10.4. The molecule has 0 unspecified atom stereocenters. The SMILES string of the molecule is C=Cc1c(/C=C\C)n(-c2ccc3c(c2)c2ccccc2n3-c2ccc3oc4ccccc4c4ccccc4c4ccccc4c3c2)c2ccccc12. The van der Waals surface area contributed by atoms with E-state index in [1.807, 2.05) is 12.1 Å². The largest absolute Gasteiger partial charge is 0.456 e. The van der Waals surface area contributed by atoms with E-state index in [9.17, 15) is 0 Å². The molecule has 0 fully saturated rings. The van der Waals surface area contributed by atoms with Gasteiger partial charge in [0.15, 0.2) is 0 Å². The average Bonchev–Trinajstić information content (AvgIpc) is 3.71. The van der Waals surface area contributed by atoms with E-state index < -0.39 is 0 Å². The fraction of sp³-hybridized carbons (Fsp3) is 0.0204. The minimum atomic E-state index is 0.827. The van der Waals surface area contributed by atoms with Crippen LogP contribution in [0.25, 0.3) is 99.7 Å². The van der Waals surface area contributed by atoms with Gasteiger partial charge in [0.2, 0.25) is 0 Å². The maximum atomic E-state index is 6.84. The Morgan fingerprint density at radius 2 is 0.923 bits per heavy atom. The van der Waals surface area contributed by atoms with Crippen molar-refractivity contribution >= 4 is 88.3 Å². The van der Waals surface area contributed by atoms with Crippen molar-refractivity contribution in [2.45, 2.75) is 6.92 Å². The molecular weight excluding hydrogens is 633 g/mol. The Bertz CT molecular complexity index is 3170. The van der Waals surface area contributed by atoms with E-state index >= 15 is 0 Å². The van der Waals surface area contributed by atoms with Crippen molar-refractivity contribution in [2.24, 2.45) is 0 Å². The van der Waals surface area contributed by atoms with Crippen LogP contribution < -0.4 is 0 Å². The molecule has 246 valence electrons. The molecule has 0 spiro atoms. The van der Waals surface area contributed by atoms with E-state index in [-0.39, 0.29) is 0 Å². The van der Waals surface area contributed by atoms with Crippen LogP contribution in [-0.4, -0.2) is 9.13 Å². The number of para-hydroxylation sites is 3. The van der Waals surface area contributed by atoms with Crippen LogP contribution in [0, 0.1) is 0 Å². The quantitative estimate of drug-likeness (QED) is 0.183. The number of allylic oxidation sites excluding steroid dienone is 1. The van der Waals surface area contributed by atoms with Gasteiger partial charge in [0.25, 0.3) is 0 Å². The van der Waals surface area contributed by atoms with Crippen LogP contribution in [0.2, 0.25) is 0 Å². The zero-order valence-corrected chi connectivity index (χ0v) is 28.8. The molecule has 0 aliphatic rings. The smallest absolute Gasteiger partial charge is 0.135 e. The van der Waals surface area contributed by atoms with Gasteiger partial charge in [0, 0.05) is 43.9 Å². The number of hydrogen-bond donors (Lipinski definition) is 0. The van der Waals surface area contributed by atoms with Gasteiger partial charge in [-0.1, -0.05) is 122 Å². The molecule has 0 aliphatic carbocycles. The van der Waals surface area contributed by atoms with E-state index in [2.05, 4.69) is 186 Å². The van der Waals surface area contributed by atoms with E-state index in [1.54, 1.807) is 0 Å². The Morgan fingerprint density at radius 1 is 0.442 bits per heavy atom. The topological polar surface area (TPSA) is 23.0 Å². The lowest BCUT2D eigenvalue weighted by Crippen LogP contribution is -1.98. The maximum Gasteiger partial charge on any atom is 0.135 e. The van der Waals surface area contributed by atoms with Gasteiger partial charge >= 0.3 is 0 Å². The van der Waals surface area contributed by atoms with Gasteiger partial charge in [-0.15, -0.1) is 0 Å². The van der Waals surface area contributed by atoms with Crippen LogP contribution in [0.4, 0.5) is 0 Å². The summed E-state index contributed by atoms with van der Waals surface area (Å²) in [4.78, 5) is 0. The molecule has 3 aromatic heterocycles. The monoisotopic (exact) mass is 666 g/mol. The minimum Gasteiger partial charge on any atom is -0.456 e. The summed E-state index contributed by atoms with van der Waals surface area (Å²) in [6.07, 6.45) is 6.25. The van der Waals surface area contributed by atoms with Crippen LogP contribution in [0.5, 0.6) is 0 Å². The second-order valence-corrected chi connectivity index (χ2v) is 13.3. The first-order valence-electron chi connectivity index (χ1n) is 17.8. The van der Waals surface area contributed by atoms with Crippen LogP contribution in [0.3, 0.4) is 0 Å². The molecule has 0 saturated carbocycles. The number of rotatable bonds is 4. The Morgan fingerprint density at radius 3 is 1.62 bits per heavy atom. The van der Waals surface area contributed by atoms with Crippen molar-refractivity contribution in [3.05, 3.63) is 182 Å². The highest BCUT2D eigenvalue weighted by Gasteiger charge is 2.18. The lowest BCUT2D eigenvalue weighted by Gasteiger charge is -2.12. The number of aromatic nitrogens is 2. The summed E-state index contributed by atoms with van der Waals surface area (Å²) in [5.41, 5.74) is 9.58. The van der Waals surface area contributed by atoms with Gasteiger partial charge in [-0.3, -0.25) is 0 Å². The molecule has 0 bridgehead atoms. The molecule has 0 atom stereocenters. The fourth-order valence-corrected chi connectivity index (χ4v) is 8.24. The summed E-state index contributed by atoms with van der Waals surface area (Å²) >= 11 is 0. The Kier molecular flexibility index (Phi) is 6.87. The van der Waals surface area contributed by atoms with Gasteiger partial charge in [0.1, 0.15) is 11.2 Å². The first-order valence-corrected chi connectivity index (χ1v) is 17.8. The lowest BCUT2D eigenvalue weighted by molar-refractivity contribution is 0.663. The lowest BCUT2D eigenvalue weighted by atomic mass is 10.0. The third-order valence-corrected chi connectivity index (χ3v) is 10.4. The van der Waals surface area contributed by atoms with Gasteiger partial charge in [-0.2, -0.15) is 0 Å². The van der Waals surface area contributed by atoms with Crippen molar-refractivity contribution in [2.75, 3.05) is 0 Å². The van der Waals surface area contributed by atoms with E-state index in [4.69, 9.17) is 4.42 Å². The molecule has 0 N–H and O–H groups in total. The normalized spacial score (nSPS) is 11.9. The molecule has 3 heteroatoms. The van der Waals surface area contributed by atoms with Gasteiger partial charge < -0.3 is 13.6 Å². The molecule has 10 aromatic rings. The second-order valence-electron chi connectivity index (χ2n) is 13.3. The van der Waals surface area contributed by atoms with Crippen LogP contribution >= 0.6 is 0 Å². The summed E-state index contributed by atoms with van der Waals surface area (Å²) in [7, 11) is 0. The number of benzene rings is 7. The zero-order valence-electron chi connectivity index (χ0n) is 28.8. The van der Waals surface area contributed by atoms with Gasteiger partial charge in [-0.25, -0.2) is 0 Å². The molecule has 52 heavy (non-hydrogen) atoms. The molecule has 0 aliphatic heterocycles. The standard InChI is InChI=1S/C49H34N2O/c1-3-15-44-34(4-2)39-20-9-12-23-45(39)50(44)32-26-28-47-42(30-32)40-21-10-13-24-46(40)51(47)33-27-29-49-43(31-33)38-19-8-6-17-36(38)35-16-5-7-18-37(35)41-22-11-14-25-48(41)52-49/h3-31H,2H2,1H3/b15-3-. The highest BCUT2D eigenvalue weighted by molar-refractivity contribution is 6.19. The Balaban J connectivity index is 1.29. The zero-order chi connectivity index (χ0) is 34.8. The Hall–Kier alpha value is -6.84. The first-order chi connectivity index (χ1) is 25.7. The summed E-state index contributed by atoms with van der Waals surface area (Å²) in [6, 6.07) is 56.4. The van der Waals surface area contributed by atoms with Crippen molar-refractivity contribution in [1.82, 2.24) is 9.13 Å². The van der Waals surface area contributed by atoms with Gasteiger partial charge in [0.05, 0.1) is 22.2 Å². The molecule has 7 aromatic carbocycles. The third kappa shape index (κ3) is 4.46. The molecule has 0 radical (unpaired) electrons. The number of fused-ring (bicyclic) bond motifs is 11. The number of nitrogens with zero attached hydrogens (tertiary/aromatic N) is 2. The van der Waals surface area contributed by atoms with E-state index in [0.717, 1.165) is 71.9 Å². The molecule has 0 amide bonds. The minimum absolute atomic E-state index is 0.827. The first kappa shape index (κ1) is 30.0. The Labute approximate surface area is 300 Å². The van der Waals surface area contributed by atoms with Crippen LogP contribution in [0.1, 0.15) is 18.2 Å². The van der Waals surface area contributed by atoms with Crippen LogP contribution in [0.15, 0.2) is 175 Å². The second kappa shape index (κ2) is 11.9. The maximum absolute atomic E-state index is 6.84. The molecule has 0 saturated heterocycles. The highest BCUT2D eigenvalue weighted by Crippen LogP contribution is 2.38. The van der Waals surface area contributed by atoms with E-state index in [0.29, 0.717) is 0 Å². The molecule has 10 rings (SSSR count). The van der Waals surface area contributed by atoms with Crippen LogP contribution in [-0.2, 0) is 0 Å². The molecule has 3 nitrogen and oxygen atoms in total. The molecular formula is C49H34N2O. The van der Waals surface area contributed by atoms with Crippen molar-refractivity contribution in [3.63, 3.8) is 0 Å². The van der Waals surface area contributed by atoms with Crippen molar-refractivity contribution in [3.8, 4) is 11.4 Å². The van der Waals surface area contributed by atoms with Crippen molar-refractivity contribution in [1.29, 1.82) is 0 Å². The highest BCUT2D eigenvalue weighted by atomic mass is 16.3. The summed E-state index contributed by atoms with van der Waals surface area (Å²) in [6.45, 7) is 6.25. The van der Waals surface area contributed by atoms with E-state index in [1.165, 1.54) is 26.9 Å². The summed E-state index contributed by atoms with van der Waals surface area (Å²) < 4.78 is 11.6. The fourth-order valence-electron chi connectivity index (χ4n) is 8.24. The predicted molar refractivity (Wildman–Crippen MR) is 222 cm³/mol. The average molecular weight is 667 g/mol. The molecule has 3 heterocycles. The van der Waals surface area contributed by atoms with Gasteiger partial charge in [-0.05, 0) is 89.1 Å². The third-order valence-electron chi connectivity index (χ3n) is 10.4. The summed E-state index contributed by atoms with van der Waals surface area (Å²) in [5.74, 6) is 0.